The van der Waals surface area contributed by atoms with Crippen LogP contribution in [-0.4, -0.2) is 51.9 Å². The molecule has 18 heavy (non-hydrogen) atoms. The number of rotatable bonds is 5. The lowest BCUT2D eigenvalue weighted by Gasteiger charge is -2.31. The average molecular weight is 298 g/mol. The van der Waals surface area contributed by atoms with E-state index >= 15 is 0 Å². The molecule has 5 atom stereocenters. The van der Waals surface area contributed by atoms with Gasteiger partial charge in [0.15, 0.2) is 0 Å². The van der Waals surface area contributed by atoms with E-state index in [1.807, 2.05) is 0 Å². The van der Waals surface area contributed by atoms with Crippen LogP contribution >= 0.6 is 19.4 Å². The molecular weight excluding hydrogens is 281 g/mol. The number of alkyl halides is 1. The van der Waals surface area contributed by atoms with Crippen molar-refractivity contribution < 1.29 is 28.7 Å². The van der Waals surface area contributed by atoms with Crippen LogP contribution in [-0.2, 0) is 13.8 Å². The van der Waals surface area contributed by atoms with E-state index < -0.39 is 37.0 Å². The molecule has 2 radical (unpaired) electrons. The van der Waals surface area contributed by atoms with Gasteiger partial charge in [0.05, 0.1) is 23.2 Å². The Labute approximate surface area is 112 Å². The van der Waals surface area contributed by atoms with E-state index in [0.717, 1.165) is 0 Å². The molecule has 0 spiro atoms. The third kappa shape index (κ3) is 4.20. The van der Waals surface area contributed by atoms with Gasteiger partial charge in [-0.3, -0.25) is 4.52 Å². The minimum atomic E-state index is -4.61. The van der Waals surface area contributed by atoms with Crippen LogP contribution in [0.1, 0.15) is 26.7 Å². The van der Waals surface area contributed by atoms with E-state index in [0.29, 0.717) is 6.42 Å². The van der Waals surface area contributed by atoms with Gasteiger partial charge in [-0.2, -0.15) is 0 Å². The van der Waals surface area contributed by atoms with Gasteiger partial charge in [-0.1, -0.05) is 6.92 Å². The molecule has 1 aliphatic heterocycles. The first-order valence-electron chi connectivity index (χ1n) is 5.57. The lowest BCUT2D eigenvalue weighted by Crippen LogP contribution is -2.37. The topological polar surface area (TPSA) is 96.2 Å². The summed E-state index contributed by atoms with van der Waals surface area (Å²) in [6, 6.07) is -0.803. The summed E-state index contributed by atoms with van der Waals surface area (Å²) in [6.45, 7) is 3.25. The van der Waals surface area contributed by atoms with Gasteiger partial charge in [0.2, 0.25) is 0 Å². The molecule has 3 N–H and O–H groups in total. The maximum atomic E-state index is 10.9. The summed E-state index contributed by atoms with van der Waals surface area (Å²) in [6.07, 6.45) is -1.27. The van der Waals surface area contributed by atoms with Gasteiger partial charge in [0.1, 0.15) is 7.85 Å². The molecule has 1 aliphatic rings. The van der Waals surface area contributed by atoms with E-state index in [2.05, 4.69) is 0 Å². The summed E-state index contributed by atoms with van der Waals surface area (Å²) in [7, 11) is 0.926. The SMILES string of the molecule is [B][C@@H]1O[C@H](CC(C)(CC)OP(=O)(O)O)[C@@H](O)[C@H]1Cl. The molecule has 1 saturated heterocycles. The number of ether oxygens (including phenoxy) is 1. The van der Waals surface area contributed by atoms with Crippen molar-refractivity contribution in [2.24, 2.45) is 0 Å². The molecular formula is C9H17BClO6P. The van der Waals surface area contributed by atoms with Gasteiger partial charge in [0.25, 0.3) is 0 Å². The van der Waals surface area contributed by atoms with Crippen LogP contribution in [0, 0.1) is 0 Å². The Morgan fingerprint density at radius 3 is 2.44 bits per heavy atom. The second kappa shape index (κ2) is 5.79. The fourth-order valence-corrected chi connectivity index (χ4v) is 2.88. The zero-order valence-corrected chi connectivity index (χ0v) is 11.8. The van der Waals surface area contributed by atoms with Gasteiger partial charge in [0, 0.05) is 12.4 Å². The van der Waals surface area contributed by atoms with Gasteiger partial charge < -0.3 is 19.6 Å². The highest BCUT2D eigenvalue weighted by Gasteiger charge is 2.44. The fourth-order valence-electron chi connectivity index (χ4n) is 1.88. The van der Waals surface area contributed by atoms with Gasteiger partial charge in [-0.05, 0) is 13.3 Å². The zero-order valence-electron chi connectivity index (χ0n) is 10.2. The molecule has 0 amide bonds. The van der Waals surface area contributed by atoms with Crippen molar-refractivity contribution in [1.29, 1.82) is 0 Å². The summed E-state index contributed by atoms with van der Waals surface area (Å²) in [5, 5.41) is 9.05. The van der Waals surface area contributed by atoms with E-state index in [9.17, 15) is 9.67 Å². The first kappa shape index (κ1) is 16.4. The van der Waals surface area contributed by atoms with Crippen LogP contribution in [0.3, 0.4) is 0 Å². The Bertz CT molecular complexity index is 339. The van der Waals surface area contributed by atoms with Gasteiger partial charge in [-0.25, -0.2) is 4.57 Å². The molecule has 6 nitrogen and oxygen atoms in total. The number of hydrogen-bond acceptors (Lipinski definition) is 4. The molecule has 0 aromatic carbocycles. The molecule has 0 aromatic rings. The summed E-state index contributed by atoms with van der Waals surface area (Å²) >= 11 is 5.82. The molecule has 0 aromatic heterocycles. The summed E-state index contributed by atoms with van der Waals surface area (Å²) in [4.78, 5) is 17.7. The van der Waals surface area contributed by atoms with E-state index in [-0.39, 0.29) is 6.42 Å². The Kier molecular flexibility index (Phi) is 5.29. The quantitative estimate of drug-likeness (QED) is 0.389. The van der Waals surface area contributed by atoms with Gasteiger partial charge >= 0.3 is 7.82 Å². The predicted octanol–water partition coefficient (Wildman–Crippen LogP) is 0.516. The first-order valence-corrected chi connectivity index (χ1v) is 7.54. The second-order valence-electron chi connectivity index (χ2n) is 4.66. The van der Waals surface area contributed by atoms with Crippen molar-refractivity contribution in [2.75, 3.05) is 0 Å². The smallest absolute Gasteiger partial charge is 0.389 e. The third-order valence-corrected chi connectivity index (χ3v) is 4.26. The van der Waals surface area contributed by atoms with Crippen LogP contribution < -0.4 is 0 Å². The molecule has 0 saturated carbocycles. The largest absolute Gasteiger partial charge is 0.470 e. The average Bonchev–Trinajstić information content (AvgIpc) is 2.44. The summed E-state index contributed by atoms with van der Waals surface area (Å²) in [5.74, 6) is 0. The molecule has 104 valence electrons. The number of aliphatic hydroxyl groups is 1. The number of phosphoric acid groups is 1. The van der Waals surface area contributed by atoms with Crippen molar-refractivity contribution in [2.45, 2.75) is 55.9 Å². The van der Waals surface area contributed by atoms with Crippen molar-refractivity contribution in [1.82, 2.24) is 0 Å². The van der Waals surface area contributed by atoms with E-state index in [1.54, 1.807) is 6.92 Å². The van der Waals surface area contributed by atoms with Crippen LogP contribution in [0.25, 0.3) is 0 Å². The molecule has 1 rings (SSSR count). The highest BCUT2D eigenvalue weighted by molar-refractivity contribution is 7.46. The zero-order chi connectivity index (χ0) is 14.1. The second-order valence-corrected chi connectivity index (χ2v) is 6.33. The van der Waals surface area contributed by atoms with Crippen molar-refractivity contribution in [3.05, 3.63) is 0 Å². The highest BCUT2D eigenvalue weighted by Crippen LogP contribution is 2.45. The molecule has 1 unspecified atom stereocenters. The lowest BCUT2D eigenvalue weighted by atomic mass is 9.91. The minimum absolute atomic E-state index is 0.0900. The predicted molar refractivity (Wildman–Crippen MR) is 66.5 cm³/mol. The number of aliphatic hydroxyl groups excluding tert-OH is 1. The van der Waals surface area contributed by atoms with E-state index in [1.165, 1.54) is 6.92 Å². The van der Waals surface area contributed by atoms with Crippen LogP contribution in [0.5, 0.6) is 0 Å². The van der Waals surface area contributed by atoms with E-state index in [4.69, 9.17) is 38.5 Å². The van der Waals surface area contributed by atoms with Crippen LogP contribution in [0.2, 0.25) is 0 Å². The molecule has 1 heterocycles. The van der Waals surface area contributed by atoms with Crippen LogP contribution in [0.4, 0.5) is 0 Å². The minimum Gasteiger partial charge on any atom is -0.389 e. The summed E-state index contributed by atoms with van der Waals surface area (Å²) in [5.41, 5.74) is -1.12. The first-order chi connectivity index (χ1) is 8.08. The fraction of sp³-hybridized carbons (Fsp3) is 1.00. The maximum absolute atomic E-state index is 10.9. The number of halogens is 1. The lowest BCUT2D eigenvalue weighted by molar-refractivity contribution is -0.0404. The summed E-state index contributed by atoms with van der Waals surface area (Å²) < 4.78 is 20.9. The Morgan fingerprint density at radius 1 is 1.56 bits per heavy atom. The third-order valence-electron chi connectivity index (χ3n) is 3.07. The van der Waals surface area contributed by atoms with Crippen molar-refractivity contribution in [3.63, 3.8) is 0 Å². The molecule has 9 heteroatoms. The molecule has 0 aliphatic carbocycles. The Hall–Kier alpha value is 0.385. The monoisotopic (exact) mass is 298 g/mol. The highest BCUT2D eigenvalue weighted by atomic mass is 35.5. The normalized spacial score (nSPS) is 36.6. The van der Waals surface area contributed by atoms with Gasteiger partial charge in [-0.15, -0.1) is 11.6 Å². The maximum Gasteiger partial charge on any atom is 0.470 e. The number of phosphoric ester groups is 1. The Balaban J connectivity index is 2.72. The van der Waals surface area contributed by atoms with Crippen LogP contribution in [0.15, 0.2) is 0 Å². The van der Waals surface area contributed by atoms with Crippen molar-refractivity contribution in [3.8, 4) is 0 Å². The molecule has 0 bridgehead atoms. The Morgan fingerprint density at radius 2 is 2.11 bits per heavy atom. The van der Waals surface area contributed by atoms with Crippen molar-refractivity contribution >= 4 is 27.3 Å². The molecule has 1 fully saturated rings. The standard InChI is InChI=1S/C9H17BClO6P/c1-3-9(2,17-18(13,14)15)4-5-7(12)6(11)8(10)16-5/h5-8,12H,3-4H2,1-2H3,(H2,13,14,15)/t5-,6-,7-,8-,9?/m1/s1. The number of hydrogen-bond donors (Lipinski definition) is 3.